The van der Waals surface area contributed by atoms with Gasteiger partial charge in [0.05, 0.1) is 14.2 Å². The Kier molecular flexibility index (Phi) is 6.73. The van der Waals surface area contributed by atoms with Crippen LogP contribution in [0.15, 0.2) is 52.0 Å². The molecule has 0 fully saturated rings. The number of aryl methyl sites for hydroxylation is 1. The van der Waals surface area contributed by atoms with Crippen molar-refractivity contribution in [3.05, 3.63) is 48.0 Å². The van der Waals surface area contributed by atoms with Gasteiger partial charge in [0.2, 0.25) is 11.7 Å². The summed E-state index contributed by atoms with van der Waals surface area (Å²) in [7, 11) is 3.08. The molecule has 4 aromatic rings. The highest BCUT2D eigenvalue weighted by Gasteiger charge is 2.24. The molecule has 4 rings (SSSR count). The number of amides is 1. The predicted molar refractivity (Wildman–Crippen MR) is 130 cm³/mol. The Balaban J connectivity index is 1.57. The fraction of sp³-hybridized carbons (Fsp3) is 0.217. The van der Waals surface area contributed by atoms with Crippen molar-refractivity contribution in [2.75, 3.05) is 31.5 Å². The first-order chi connectivity index (χ1) is 16.4. The Hall–Kier alpha value is -3.99. The summed E-state index contributed by atoms with van der Waals surface area (Å²) >= 11 is 1.37. The van der Waals surface area contributed by atoms with Crippen LogP contribution in [0.4, 0.5) is 11.5 Å². The first-order valence-corrected chi connectivity index (χ1v) is 11.5. The van der Waals surface area contributed by atoms with E-state index in [4.69, 9.17) is 19.7 Å². The molecule has 0 aliphatic rings. The molecular formula is C23H24N6O4S. The molecule has 0 saturated carbocycles. The molecule has 0 aliphatic heterocycles. The summed E-state index contributed by atoms with van der Waals surface area (Å²) in [6, 6.07) is 12.9. The van der Waals surface area contributed by atoms with Gasteiger partial charge in [-0.3, -0.25) is 4.79 Å². The van der Waals surface area contributed by atoms with Gasteiger partial charge in [-0.15, -0.1) is 11.8 Å². The second kappa shape index (κ2) is 9.87. The minimum absolute atomic E-state index is 0.113. The van der Waals surface area contributed by atoms with Crippen LogP contribution in [0.1, 0.15) is 5.56 Å². The third kappa shape index (κ3) is 4.84. The highest BCUT2D eigenvalue weighted by molar-refractivity contribution is 7.98. The van der Waals surface area contributed by atoms with Gasteiger partial charge in [0.25, 0.3) is 5.89 Å². The van der Waals surface area contributed by atoms with Crippen molar-refractivity contribution < 1.29 is 18.8 Å². The smallest absolute Gasteiger partial charge is 0.264 e. The second-order valence-corrected chi connectivity index (χ2v) is 8.16. The summed E-state index contributed by atoms with van der Waals surface area (Å²) in [5.74, 6) is 1.72. The number of rotatable bonds is 8. The van der Waals surface area contributed by atoms with Crippen molar-refractivity contribution in [1.29, 1.82) is 0 Å². The largest absolute Gasteiger partial charge is 0.497 e. The van der Waals surface area contributed by atoms with Crippen LogP contribution in [0, 0.1) is 6.92 Å². The number of nitrogens with two attached hydrogens (primary N) is 1. The van der Waals surface area contributed by atoms with Crippen LogP contribution in [-0.4, -0.2) is 46.3 Å². The fourth-order valence-electron chi connectivity index (χ4n) is 3.28. The summed E-state index contributed by atoms with van der Waals surface area (Å²) in [6.45, 7) is 1.89. The zero-order valence-corrected chi connectivity index (χ0v) is 20.0. The fourth-order valence-corrected chi connectivity index (χ4v) is 3.85. The summed E-state index contributed by atoms with van der Waals surface area (Å²) in [4.78, 5) is 17.2. The molecule has 0 radical (unpaired) electrons. The first-order valence-electron chi connectivity index (χ1n) is 10.3. The molecular weight excluding hydrogens is 456 g/mol. The standard InChI is InChI=1S/C23H24N6O4S/c1-13-5-7-14(8-6-13)21-26-22(33-28-21)19-20(24)29(27-23(19)34-4)12-18(30)25-15-9-16(31-2)11-17(10-15)32-3/h5-11H,12,24H2,1-4H3,(H,25,30). The molecule has 0 spiro atoms. The Labute approximate surface area is 200 Å². The van der Waals surface area contributed by atoms with Gasteiger partial charge in [-0.1, -0.05) is 35.0 Å². The lowest BCUT2D eigenvalue weighted by Crippen LogP contribution is -2.20. The summed E-state index contributed by atoms with van der Waals surface area (Å²) in [6.07, 6.45) is 1.86. The van der Waals surface area contributed by atoms with Gasteiger partial charge in [0, 0.05) is 29.4 Å². The van der Waals surface area contributed by atoms with E-state index in [-0.39, 0.29) is 24.2 Å². The predicted octanol–water partition coefficient (Wildman–Crippen LogP) is 3.87. The number of nitrogens with one attached hydrogen (secondary N) is 1. The monoisotopic (exact) mass is 480 g/mol. The van der Waals surface area contributed by atoms with Crippen molar-refractivity contribution in [2.45, 2.75) is 18.5 Å². The van der Waals surface area contributed by atoms with Crippen LogP contribution in [0.3, 0.4) is 0 Å². The number of hydrogen-bond donors (Lipinski definition) is 2. The number of nitrogen functional groups attached to an aromatic ring is 1. The lowest BCUT2D eigenvalue weighted by atomic mass is 10.1. The first kappa shape index (κ1) is 23.2. The van der Waals surface area contributed by atoms with Gasteiger partial charge in [-0.05, 0) is 13.2 Å². The number of nitrogens with zero attached hydrogens (tertiary/aromatic N) is 4. The van der Waals surface area contributed by atoms with Crippen LogP contribution in [-0.2, 0) is 11.3 Å². The second-order valence-electron chi connectivity index (χ2n) is 7.37. The lowest BCUT2D eigenvalue weighted by Gasteiger charge is -2.10. The van der Waals surface area contributed by atoms with Crippen LogP contribution in [0.2, 0.25) is 0 Å². The maximum atomic E-state index is 12.7. The molecule has 10 nitrogen and oxygen atoms in total. The molecule has 11 heteroatoms. The van der Waals surface area contributed by atoms with Gasteiger partial charge in [-0.25, -0.2) is 4.68 Å². The SMILES string of the molecule is COc1cc(NC(=O)Cn2nc(SC)c(-c3nc(-c4ccc(C)cc4)no3)c2N)cc(OC)c1. The molecule has 3 N–H and O–H groups in total. The molecule has 176 valence electrons. The number of ether oxygens (including phenoxy) is 2. The van der Waals surface area contributed by atoms with Gasteiger partial charge in [-0.2, -0.15) is 10.1 Å². The number of hydrogen-bond acceptors (Lipinski definition) is 9. The average Bonchev–Trinajstić information content (AvgIpc) is 3.43. The quantitative estimate of drug-likeness (QED) is 0.361. The molecule has 2 heterocycles. The van der Waals surface area contributed by atoms with Crippen LogP contribution in [0.25, 0.3) is 22.8 Å². The average molecular weight is 481 g/mol. The molecule has 0 unspecified atom stereocenters. The van der Waals surface area contributed by atoms with E-state index in [1.54, 1.807) is 18.2 Å². The normalized spacial score (nSPS) is 10.8. The van der Waals surface area contributed by atoms with E-state index in [1.165, 1.54) is 30.7 Å². The Morgan fingerprint density at radius 3 is 2.44 bits per heavy atom. The number of methoxy groups -OCH3 is 2. The van der Waals surface area contributed by atoms with Gasteiger partial charge >= 0.3 is 0 Å². The van der Waals surface area contributed by atoms with E-state index in [0.717, 1.165) is 11.1 Å². The Bertz CT molecular complexity index is 1290. The Morgan fingerprint density at radius 1 is 1.15 bits per heavy atom. The molecule has 0 atom stereocenters. The van der Waals surface area contributed by atoms with Crippen molar-refractivity contribution in [1.82, 2.24) is 19.9 Å². The van der Waals surface area contributed by atoms with Crippen molar-refractivity contribution in [3.8, 4) is 34.3 Å². The van der Waals surface area contributed by atoms with E-state index in [1.807, 2.05) is 37.4 Å². The zero-order valence-electron chi connectivity index (χ0n) is 19.2. The Morgan fingerprint density at radius 2 is 1.82 bits per heavy atom. The number of benzene rings is 2. The highest BCUT2D eigenvalue weighted by Crippen LogP contribution is 2.35. The number of anilines is 2. The molecule has 0 aliphatic carbocycles. The molecule has 0 saturated heterocycles. The lowest BCUT2D eigenvalue weighted by molar-refractivity contribution is -0.116. The van der Waals surface area contributed by atoms with Crippen LogP contribution in [0.5, 0.6) is 11.5 Å². The van der Waals surface area contributed by atoms with Crippen molar-refractivity contribution in [2.24, 2.45) is 0 Å². The summed E-state index contributed by atoms with van der Waals surface area (Å²) in [5.41, 5.74) is 9.33. The molecule has 1 amide bonds. The van der Waals surface area contributed by atoms with Crippen LogP contribution < -0.4 is 20.5 Å². The number of carbonyl (C=O) groups is 1. The minimum atomic E-state index is -0.324. The number of carbonyl (C=O) groups excluding carboxylic acids is 1. The van der Waals surface area contributed by atoms with Crippen molar-refractivity contribution in [3.63, 3.8) is 0 Å². The van der Waals surface area contributed by atoms with E-state index in [2.05, 4.69) is 20.6 Å². The molecule has 34 heavy (non-hydrogen) atoms. The third-order valence-corrected chi connectivity index (χ3v) is 5.70. The maximum Gasteiger partial charge on any atom is 0.264 e. The van der Waals surface area contributed by atoms with E-state index in [0.29, 0.717) is 33.6 Å². The summed E-state index contributed by atoms with van der Waals surface area (Å²) in [5, 5.41) is 11.9. The van der Waals surface area contributed by atoms with Gasteiger partial charge < -0.3 is 25.0 Å². The van der Waals surface area contributed by atoms with E-state index in [9.17, 15) is 4.79 Å². The molecule has 2 aromatic carbocycles. The molecule has 0 bridgehead atoms. The highest BCUT2D eigenvalue weighted by atomic mass is 32.2. The summed E-state index contributed by atoms with van der Waals surface area (Å²) < 4.78 is 17.4. The zero-order chi connectivity index (χ0) is 24.2. The van der Waals surface area contributed by atoms with Gasteiger partial charge in [0.15, 0.2) is 0 Å². The van der Waals surface area contributed by atoms with Crippen LogP contribution >= 0.6 is 11.8 Å². The third-order valence-electron chi connectivity index (χ3n) is 5.03. The van der Waals surface area contributed by atoms with Crippen molar-refractivity contribution >= 4 is 29.2 Å². The minimum Gasteiger partial charge on any atom is -0.497 e. The molecule has 2 aromatic heterocycles. The number of aromatic nitrogens is 4. The topological polar surface area (TPSA) is 130 Å². The van der Waals surface area contributed by atoms with E-state index < -0.39 is 0 Å². The number of thioether (sulfide) groups is 1. The van der Waals surface area contributed by atoms with E-state index >= 15 is 0 Å². The maximum absolute atomic E-state index is 12.7. The van der Waals surface area contributed by atoms with Gasteiger partial charge in [0.1, 0.15) is 34.5 Å².